The van der Waals surface area contributed by atoms with Crippen LogP contribution < -0.4 is 24.8 Å². The van der Waals surface area contributed by atoms with Crippen molar-refractivity contribution in [3.8, 4) is 11.1 Å². The molecule has 0 saturated carbocycles. The maximum atomic E-state index is 6.71. The summed E-state index contributed by atoms with van der Waals surface area (Å²) in [4.78, 5) is 0. The molecular formula is C40H36Cl4Zr. The van der Waals surface area contributed by atoms with Gasteiger partial charge in [0.05, 0.1) is 0 Å². The van der Waals surface area contributed by atoms with E-state index in [-0.39, 0.29) is 33.9 Å². The van der Waals surface area contributed by atoms with Crippen LogP contribution >= 0.6 is 23.2 Å². The number of hydrogen-bond acceptors (Lipinski definition) is 0. The Morgan fingerprint density at radius 1 is 0.733 bits per heavy atom. The van der Waals surface area contributed by atoms with Gasteiger partial charge in [-0.2, -0.15) is 0 Å². The van der Waals surface area contributed by atoms with E-state index in [1.165, 1.54) is 42.2 Å². The van der Waals surface area contributed by atoms with Gasteiger partial charge < -0.3 is 24.8 Å². The molecule has 1 unspecified atom stereocenters. The van der Waals surface area contributed by atoms with E-state index in [0.29, 0.717) is 5.92 Å². The van der Waals surface area contributed by atoms with Crippen molar-refractivity contribution in [3.05, 3.63) is 163 Å². The molecule has 0 fully saturated rings. The second kappa shape index (κ2) is 14.3. The van der Waals surface area contributed by atoms with Crippen molar-refractivity contribution in [3.63, 3.8) is 0 Å². The fourth-order valence-corrected chi connectivity index (χ4v) is 16.4. The Kier molecular flexibility index (Phi) is 11.3. The summed E-state index contributed by atoms with van der Waals surface area (Å²) in [5, 5.41) is 1.50. The summed E-state index contributed by atoms with van der Waals surface area (Å²) >= 11 is 10.5. The van der Waals surface area contributed by atoms with E-state index in [2.05, 4.69) is 126 Å². The van der Waals surface area contributed by atoms with Crippen LogP contribution in [0.1, 0.15) is 64.7 Å². The molecule has 4 aromatic carbocycles. The summed E-state index contributed by atoms with van der Waals surface area (Å²) in [5.41, 5.74) is 11.6. The molecule has 5 heteroatoms. The van der Waals surface area contributed by atoms with Gasteiger partial charge in [-0.25, -0.2) is 0 Å². The van der Waals surface area contributed by atoms with Crippen LogP contribution in [-0.4, -0.2) is 3.21 Å². The van der Waals surface area contributed by atoms with E-state index in [9.17, 15) is 0 Å². The van der Waals surface area contributed by atoms with Crippen LogP contribution in [0.2, 0.25) is 10.0 Å². The third-order valence-corrected chi connectivity index (χ3v) is 17.9. The Morgan fingerprint density at radius 3 is 1.62 bits per heavy atom. The average molecular weight is 750 g/mol. The molecule has 0 radical (unpaired) electrons. The second-order valence-corrected chi connectivity index (χ2v) is 19.6. The predicted molar refractivity (Wildman–Crippen MR) is 185 cm³/mol. The summed E-state index contributed by atoms with van der Waals surface area (Å²) in [6.07, 6.45) is 8.95. The van der Waals surface area contributed by atoms with Gasteiger partial charge in [-0.3, -0.25) is 0 Å². The Labute approximate surface area is 298 Å². The molecule has 4 aromatic rings. The van der Waals surface area contributed by atoms with Crippen molar-refractivity contribution in [1.29, 1.82) is 0 Å². The molecule has 0 nitrogen and oxygen atoms in total. The van der Waals surface area contributed by atoms with Gasteiger partial charge in [0.1, 0.15) is 0 Å². The maximum absolute atomic E-state index is 6.71. The van der Waals surface area contributed by atoms with Gasteiger partial charge in [-0.05, 0) is 0 Å². The van der Waals surface area contributed by atoms with E-state index < -0.39 is 21.3 Å². The largest absolute Gasteiger partial charge is 1.00 e. The first-order valence-electron chi connectivity index (χ1n) is 14.8. The molecule has 0 amide bonds. The normalized spacial score (nSPS) is 14.9. The molecule has 228 valence electrons. The first kappa shape index (κ1) is 35.6. The fraction of sp³-hybridized carbons (Fsp3) is 0.175. The molecule has 45 heavy (non-hydrogen) atoms. The van der Waals surface area contributed by atoms with Gasteiger partial charge in [0.15, 0.2) is 0 Å². The zero-order valence-corrected chi connectivity index (χ0v) is 31.5. The summed E-state index contributed by atoms with van der Waals surface area (Å²) < 4.78 is 3.31. The molecule has 6 rings (SSSR count). The molecular weight excluding hydrogens is 713 g/mol. The van der Waals surface area contributed by atoms with Crippen molar-refractivity contribution in [2.45, 2.75) is 31.3 Å². The summed E-state index contributed by atoms with van der Waals surface area (Å²) in [7, 11) is 0. The Bertz CT molecular complexity index is 1780. The van der Waals surface area contributed by atoms with Crippen molar-refractivity contribution in [2.75, 3.05) is 0 Å². The zero-order chi connectivity index (χ0) is 30.5. The first-order valence-corrected chi connectivity index (χ1v) is 19.5. The number of benzene rings is 4. The average Bonchev–Trinajstić information content (AvgIpc) is 3.53. The van der Waals surface area contributed by atoms with Crippen LogP contribution in [0.15, 0.2) is 119 Å². The standard InChI is InChI=1S/C17H13.C13H8Cl2.C10H15.2ClH.Zr/c1-3-12-5-7-14-11-15-8-6-13(4-2)10-17(15)16(14)9-12;14-12-5-1-3-10(8-12)7-11-4-2-6-13(15)9-11;1-8-5-6-9(7-8)10(2,3)4;;;/h3-11H,1-2H2;1-6,8-9H;6-8H,1-4H3;2*1H;/q;;;;;+2/p-2. The number of halogens is 4. The first-order chi connectivity index (χ1) is 20.6. The van der Waals surface area contributed by atoms with Crippen LogP contribution in [0, 0.1) is 11.3 Å². The Balaban J connectivity index is 0.00000230. The van der Waals surface area contributed by atoms with Crippen LogP contribution in [0.25, 0.3) is 23.3 Å². The maximum Gasteiger partial charge on any atom is -1.00 e. The zero-order valence-electron chi connectivity index (χ0n) is 26.0. The van der Waals surface area contributed by atoms with E-state index in [1.807, 2.05) is 24.3 Å². The molecule has 0 bridgehead atoms. The van der Waals surface area contributed by atoms with Crippen molar-refractivity contribution in [2.24, 2.45) is 11.3 Å². The van der Waals surface area contributed by atoms with Gasteiger partial charge in [0.2, 0.25) is 0 Å². The van der Waals surface area contributed by atoms with Gasteiger partial charge in [0, 0.05) is 0 Å². The number of fused-ring (bicyclic) bond motifs is 3. The van der Waals surface area contributed by atoms with Crippen molar-refractivity contribution < 1.29 is 46.1 Å². The Hall–Kier alpha value is -2.25. The molecule has 0 heterocycles. The van der Waals surface area contributed by atoms with Crippen LogP contribution in [0.3, 0.4) is 0 Å². The molecule has 0 N–H and O–H groups in total. The minimum absolute atomic E-state index is 0. The quantitative estimate of drug-likeness (QED) is 0.236. The molecule has 0 saturated heterocycles. The third-order valence-electron chi connectivity index (χ3n) is 8.73. The van der Waals surface area contributed by atoms with E-state index in [0.717, 1.165) is 21.2 Å². The monoisotopic (exact) mass is 746 g/mol. The molecule has 1 atom stereocenters. The van der Waals surface area contributed by atoms with Crippen LogP contribution in [0.5, 0.6) is 0 Å². The number of rotatable bonds is 6. The minimum atomic E-state index is -2.96. The van der Waals surface area contributed by atoms with E-state index >= 15 is 0 Å². The fourth-order valence-electron chi connectivity index (χ4n) is 6.57. The van der Waals surface area contributed by atoms with Crippen LogP contribution in [-0.2, 0) is 21.3 Å². The topological polar surface area (TPSA) is 0 Å². The van der Waals surface area contributed by atoms with Crippen molar-refractivity contribution >= 4 is 38.6 Å². The van der Waals surface area contributed by atoms with Crippen molar-refractivity contribution in [1.82, 2.24) is 0 Å². The van der Waals surface area contributed by atoms with E-state index in [4.69, 9.17) is 23.2 Å². The second-order valence-electron chi connectivity index (χ2n) is 12.6. The molecule has 0 aromatic heterocycles. The van der Waals surface area contributed by atoms with E-state index in [1.54, 1.807) is 3.28 Å². The smallest absolute Gasteiger partial charge is 1.00 e. The van der Waals surface area contributed by atoms with Gasteiger partial charge in [-0.15, -0.1) is 0 Å². The summed E-state index contributed by atoms with van der Waals surface area (Å²) in [5.74, 6) is 0.351. The molecule has 0 aliphatic heterocycles. The van der Waals surface area contributed by atoms with Gasteiger partial charge in [0.25, 0.3) is 0 Å². The number of allylic oxidation sites excluding steroid dienone is 4. The SMILES string of the molecule is C=Cc1ccc2c(c1)-c1cc(C=C)ccc1[CH]2[Zr+2]([C]1=CC(C(C)(C)C)=CC1C)=[C](c1cccc(Cl)c1)c1cccc(Cl)c1.[Cl-].[Cl-]. The minimum Gasteiger partial charge on any atom is -1.00 e. The summed E-state index contributed by atoms with van der Waals surface area (Å²) in [6, 6.07) is 30.7. The molecule has 0 spiro atoms. The molecule has 2 aliphatic carbocycles. The van der Waals surface area contributed by atoms with Crippen LogP contribution in [0.4, 0.5) is 0 Å². The Morgan fingerprint density at radius 2 is 1.22 bits per heavy atom. The number of hydrogen-bond donors (Lipinski definition) is 0. The van der Waals surface area contributed by atoms with Gasteiger partial charge in [-0.1, -0.05) is 0 Å². The van der Waals surface area contributed by atoms with Gasteiger partial charge >= 0.3 is 276 Å². The molecule has 2 aliphatic rings. The predicted octanol–water partition coefficient (Wildman–Crippen LogP) is 5.75. The summed E-state index contributed by atoms with van der Waals surface area (Å²) in [6.45, 7) is 17.5. The third kappa shape index (κ3) is 6.91.